The van der Waals surface area contributed by atoms with E-state index in [4.69, 9.17) is 9.15 Å². The Morgan fingerprint density at radius 3 is 1.78 bits per heavy atom. The normalized spacial score (nSPS) is 16.8. The van der Waals surface area contributed by atoms with Crippen molar-refractivity contribution in [2.24, 2.45) is 0 Å². The van der Waals surface area contributed by atoms with Gasteiger partial charge >= 0.3 is 0 Å². The lowest BCUT2D eigenvalue weighted by molar-refractivity contribution is 0.436. The number of hydrogen-bond donors (Lipinski definition) is 0. The minimum absolute atomic E-state index is 0.458. The number of anilines is 3. The number of ether oxygens (including phenoxy) is 1. The van der Waals surface area contributed by atoms with Crippen LogP contribution in [0.1, 0.15) is 51.8 Å². The zero-order valence-electron chi connectivity index (χ0n) is 35.5. The smallest absolute Gasteiger partial charge is 0.137 e. The number of nitrogens with zero attached hydrogens (tertiary/aromatic N) is 1. The van der Waals surface area contributed by atoms with Crippen molar-refractivity contribution in [2.75, 3.05) is 4.90 Å². The second-order valence-corrected chi connectivity index (χ2v) is 17.7. The van der Waals surface area contributed by atoms with Crippen LogP contribution in [-0.4, -0.2) is 0 Å². The fourth-order valence-electron chi connectivity index (χ4n) is 12.1. The van der Waals surface area contributed by atoms with E-state index >= 15 is 0 Å². The van der Waals surface area contributed by atoms with E-state index in [1.807, 2.05) is 6.07 Å². The zero-order valence-corrected chi connectivity index (χ0v) is 35.5. The van der Waals surface area contributed by atoms with Crippen LogP contribution < -0.4 is 9.64 Å². The molecule has 1 aromatic heterocycles. The molecule has 0 radical (unpaired) electrons. The minimum Gasteiger partial charge on any atom is -0.457 e. The van der Waals surface area contributed by atoms with Gasteiger partial charge in [0.1, 0.15) is 22.7 Å². The predicted molar refractivity (Wildman–Crippen MR) is 264 cm³/mol. The Kier molecular flexibility index (Phi) is 7.65. The van der Waals surface area contributed by atoms with Gasteiger partial charge in [0, 0.05) is 27.9 Å². The van der Waals surface area contributed by atoms with Crippen LogP contribution in [-0.2, 0) is 10.8 Å². The van der Waals surface area contributed by atoms with Gasteiger partial charge in [0.15, 0.2) is 0 Å². The number of hydrogen-bond acceptors (Lipinski definition) is 3. The number of fused-ring (bicyclic) bond motifs is 15. The fraction of sp³-hybridized carbons (Fsp3) is 0.0645. The van der Waals surface area contributed by atoms with Crippen LogP contribution in [0.4, 0.5) is 17.1 Å². The molecule has 0 saturated heterocycles. The number of benzene rings is 9. The Morgan fingerprint density at radius 2 is 1.02 bits per heavy atom. The minimum atomic E-state index is -0.610. The first kappa shape index (κ1) is 36.4. The molecule has 1 atom stereocenters. The Labute approximate surface area is 377 Å². The summed E-state index contributed by atoms with van der Waals surface area (Å²) < 4.78 is 13.5. The molecule has 3 aliphatic carbocycles. The third-order valence-corrected chi connectivity index (χ3v) is 14.6. The molecule has 1 spiro atoms. The van der Waals surface area contributed by atoms with E-state index in [1.165, 1.54) is 55.6 Å². The van der Waals surface area contributed by atoms with Crippen LogP contribution in [0.5, 0.6) is 11.5 Å². The molecule has 0 fully saturated rings. The number of allylic oxidation sites excluding steroid dienone is 4. The molecule has 9 aromatic carbocycles. The summed E-state index contributed by atoms with van der Waals surface area (Å²) in [5.74, 6) is 1.74. The Bertz CT molecular complexity index is 3620. The maximum atomic E-state index is 6.93. The lowest BCUT2D eigenvalue weighted by atomic mass is 9.66. The summed E-state index contributed by atoms with van der Waals surface area (Å²) in [6.07, 6.45) is 9.26. The quantitative estimate of drug-likeness (QED) is 0.173. The summed E-state index contributed by atoms with van der Waals surface area (Å²) in [4.78, 5) is 2.46. The lowest BCUT2D eigenvalue weighted by Gasteiger charge is -2.40. The van der Waals surface area contributed by atoms with Crippen LogP contribution in [0.3, 0.4) is 0 Å². The maximum absolute atomic E-state index is 6.93. The summed E-state index contributed by atoms with van der Waals surface area (Å²) in [6.45, 7) is 0. The molecular formula is C62H41NO2. The maximum Gasteiger partial charge on any atom is 0.137 e. The molecule has 0 N–H and O–H groups in total. The first-order valence-electron chi connectivity index (χ1n) is 22.7. The Morgan fingerprint density at radius 1 is 0.415 bits per heavy atom. The van der Waals surface area contributed by atoms with Gasteiger partial charge in [-0.3, -0.25) is 0 Å². The molecule has 10 aromatic rings. The first-order valence-corrected chi connectivity index (χ1v) is 22.7. The van der Waals surface area contributed by atoms with Gasteiger partial charge in [-0.15, -0.1) is 0 Å². The van der Waals surface area contributed by atoms with Gasteiger partial charge in [0.2, 0.25) is 0 Å². The van der Waals surface area contributed by atoms with Crippen molar-refractivity contribution in [3.05, 3.63) is 269 Å². The number of furan rings is 1. The number of rotatable bonds is 5. The SMILES string of the molecule is C1=CC(C2(c3ccccc3)c3ccccc3-c3cc(N(c4ccc5c(c4)C4(c6ccccc6O5)c5ccccc5-c5ccccc54)c4cccc5oc6ccccc6c45)ccc32)=CCC1. The highest BCUT2D eigenvalue weighted by Gasteiger charge is 2.51. The van der Waals surface area contributed by atoms with Crippen molar-refractivity contribution in [3.8, 4) is 33.8 Å². The van der Waals surface area contributed by atoms with E-state index in [0.29, 0.717) is 0 Å². The van der Waals surface area contributed by atoms with Crippen LogP contribution in [0.15, 0.2) is 234 Å². The Hall–Kier alpha value is -8.14. The van der Waals surface area contributed by atoms with Gasteiger partial charge in [0.25, 0.3) is 0 Å². The van der Waals surface area contributed by atoms with E-state index in [0.717, 1.165) is 74.5 Å². The highest BCUT2D eigenvalue weighted by molar-refractivity contribution is 6.13. The molecule has 1 unspecified atom stereocenters. The molecule has 0 saturated carbocycles. The van der Waals surface area contributed by atoms with Crippen LogP contribution in [0.2, 0.25) is 0 Å². The summed E-state index contributed by atoms with van der Waals surface area (Å²) in [6, 6.07) is 75.5. The first-order chi connectivity index (χ1) is 32.2. The van der Waals surface area contributed by atoms with E-state index < -0.39 is 10.8 Å². The topological polar surface area (TPSA) is 25.6 Å². The van der Waals surface area contributed by atoms with Crippen molar-refractivity contribution in [1.82, 2.24) is 0 Å². The van der Waals surface area contributed by atoms with Crippen molar-refractivity contribution >= 4 is 39.0 Å². The van der Waals surface area contributed by atoms with Gasteiger partial charge in [-0.25, -0.2) is 0 Å². The lowest BCUT2D eigenvalue weighted by Crippen LogP contribution is -2.32. The molecule has 0 bridgehead atoms. The summed E-state index contributed by atoms with van der Waals surface area (Å²) in [5.41, 5.74) is 18.8. The summed E-state index contributed by atoms with van der Waals surface area (Å²) >= 11 is 0. The molecule has 4 aliphatic rings. The van der Waals surface area contributed by atoms with Gasteiger partial charge in [-0.2, -0.15) is 0 Å². The monoisotopic (exact) mass is 831 g/mol. The highest BCUT2D eigenvalue weighted by Crippen LogP contribution is 2.63. The van der Waals surface area contributed by atoms with Crippen LogP contribution in [0.25, 0.3) is 44.2 Å². The third-order valence-electron chi connectivity index (χ3n) is 14.6. The molecular weight excluding hydrogens is 791 g/mol. The van der Waals surface area contributed by atoms with Crippen molar-refractivity contribution in [1.29, 1.82) is 0 Å². The van der Waals surface area contributed by atoms with Gasteiger partial charge < -0.3 is 14.1 Å². The average molecular weight is 832 g/mol. The second kappa shape index (κ2) is 13.7. The number of para-hydroxylation sites is 2. The average Bonchev–Trinajstić information content (AvgIpc) is 4.01. The molecule has 65 heavy (non-hydrogen) atoms. The predicted octanol–water partition coefficient (Wildman–Crippen LogP) is 16.1. The molecule has 1 aliphatic heterocycles. The van der Waals surface area contributed by atoms with Crippen LogP contribution >= 0.6 is 0 Å². The molecule has 14 rings (SSSR count). The molecule has 3 heteroatoms. The van der Waals surface area contributed by atoms with E-state index in [1.54, 1.807) is 0 Å². The highest BCUT2D eigenvalue weighted by atomic mass is 16.5. The van der Waals surface area contributed by atoms with E-state index in [2.05, 4.69) is 223 Å². The van der Waals surface area contributed by atoms with E-state index in [-0.39, 0.29) is 0 Å². The summed E-state index contributed by atoms with van der Waals surface area (Å²) in [7, 11) is 0. The zero-order chi connectivity index (χ0) is 42.7. The fourth-order valence-corrected chi connectivity index (χ4v) is 12.1. The van der Waals surface area contributed by atoms with Crippen molar-refractivity contribution in [3.63, 3.8) is 0 Å². The van der Waals surface area contributed by atoms with Gasteiger partial charge in [0.05, 0.1) is 21.9 Å². The van der Waals surface area contributed by atoms with Gasteiger partial charge in [-0.05, 0) is 123 Å². The van der Waals surface area contributed by atoms with Crippen LogP contribution in [0, 0.1) is 0 Å². The summed E-state index contributed by atoms with van der Waals surface area (Å²) in [5, 5.41) is 2.16. The third kappa shape index (κ3) is 4.85. The second-order valence-electron chi connectivity index (χ2n) is 17.7. The van der Waals surface area contributed by atoms with E-state index in [9.17, 15) is 0 Å². The molecule has 2 heterocycles. The van der Waals surface area contributed by atoms with Crippen molar-refractivity contribution < 1.29 is 9.15 Å². The van der Waals surface area contributed by atoms with Gasteiger partial charge in [-0.1, -0.05) is 170 Å². The molecule has 3 nitrogen and oxygen atoms in total. The molecule has 0 amide bonds. The Balaban J connectivity index is 1.06. The standard InChI is InChI=1S/C62H41NO2/c1-3-18-40(19-4-1)61(41-20-5-2-6-21-41)49-26-11-9-24-46(49)48-38-42(34-36-52(48)61)63(55-30-17-33-59-60(55)47-25-10-15-31-56(47)64-59)43-35-37-58-54(39-43)62(53-29-14-16-32-57(53)65-58)50-27-12-7-22-44(50)45-23-8-13-28-51(45)62/h1,3-5,7-39H,2,6H2. The largest absolute Gasteiger partial charge is 0.457 e. The van der Waals surface area contributed by atoms with Crippen molar-refractivity contribution in [2.45, 2.75) is 23.7 Å². The molecule has 306 valence electrons.